The molecule has 5 atom stereocenters. The molecule has 2 aliphatic heterocycles. The second kappa shape index (κ2) is 12.9. The standard InChI is InChI=1S/C31H38F5N7O3/c1-2-42-25(7-9-38-42)29(45)40-27(18-5-3-8-30(32,33)14-18)24-16-43-26(39-24)13-22(19-6-4-10-46-17-19)23(41-43)12-20-11-21(31(34,35)36)15-37-28(20)44/h7,9,13,16,18-21,27H,2-6,8,10-12,14-15,17H2,1H3,(H,37,44)(H,40,45). The van der Waals surface area contributed by atoms with Gasteiger partial charge < -0.3 is 15.4 Å². The first kappa shape index (κ1) is 32.3. The van der Waals surface area contributed by atoms with E-state index in [-0.39, 0.29) is 25.2 Å². The molecular formula is C31H38F5N7O3. The van der Waals surface area contributed by atoms with E-state index in [9.17, 15) is 31.5 Å². The van der Waals surface area contributed by atoms with E-state index >= 15 is 0 Å². The third kappa shape index (κ3) is 6.88. The molecule has 0 aromatic carbocycles. The number of alkyl halides is 5. The lowest BCUT2D eigenvalue weighted by molar-refractivity contribution is -0.183. The number of nitrogens with zero attached hydrogens (tertiary/aromatic N) is 5. The van der Waals surface area contributed by atoms with Gasteiger partial charge in [0.25, 0.3) is 5.91 Å². The number of hydrogen-bond acceptors (Lipinski definition) is 6. The summed E-state index contributed by atoms with van der Waals surface area (Å²) in [6, 6.07) is 2.50. The van der Waals surface area contributed by atoms with Crippen LogP contribution >= 0.6 is 0 Å². The summed E-state index contributed by atoms with van der Waals surface area (Å²) in [6.45, 7) is 2.81. The van der Waals surface area contributed by atoms with Crippen molar-refractivity contribution in [1.82, 2.24) is 35.0 Å². The molecule has 3 aromatic heterocycles. The molecule has 46 heavy (non-hydrogen) atoms. The minimum absolute atomic E-state index is 0.0102. The average Bonchev–Trinajstić information content (AvgIpc) is 3.67. The van der Waals surface area contributed by atoms with E-state index in [2.05, 4.69) is 15.7 Å². The number of aromatic nitrogens is 5. The summed E-state index contributed by atoms with van der Waals surface area (Å²) in [6.07, 6.45) is -0.0524. The summed E-state index contributed by atoms with van der Waals surface area (Å²) in [4.78, 5) is 30.9. The summed E-state index contributed by atoms with van der Waals surface area (Å²) in [5, 5.41) is 14.3. The number of nitrogens with one attached hydrogen (secondary N) is 2. The Labute approximate surface area is 262 Å². The topological polar surface area (TPSA) is 115 Å². The fraction of sp³-hybridized carbons (Fsp3) is 0.645. The van der Waals surface area contributed by atoms with E-state index in [4.69, 9.17) is 14.8 Å². The van der Waals surface area contributed by atoms with Crippen LogP contribution < -0.4 is 10.6 Å². The molecule has 2 amide bonds. The van der Waals surface area contributed by atoms with Crippen LogP contribution in [-0.2, 0) is 22.5 Å². The molecule has 250 valence electrons. The molecule has 0 spiro atoms. The third-order valence-corrected chi connectivity index (χ3v) is 9.55. The van der Waals surface area contributed by atoms with E-state index in [1.54, 1.807) is 18.3 Å². The Morgan fingerprint density at radius 3 is 2.80 bits per heavy atom. The number of hydrogen-bond donors (Lipinski definition) is 2. The molecule has 5 unspecified atom stereocenters. The van der Waals surface area contributed by atoms with Crippen LogP contribution in [0, 0.1) is 17.8 Å². The Morgan fingerprint density at radius 1 is 1.26 bits per heavy atom. The first-order valence-electron chi connectivity index (χ1n) is 15.9. The molecule has 0 bridgehead atoms. The normalized spacial score (nSPS) is 26.1. The maximum absolute atomic E-state index is 14.7. The van der Waals surface area contributed by atoms with Crippen LogP contribution in [0.1, 0.15) is 91.3 Å². The Balaban J connectivity index is 1.37. The zero-order valence-electron chi connectivity index (χ0n) is 25.5. The smallest absolute Gasteiger partial charge is 0.381 e. The van der Waals surface area contributed by atoms with E-state index in [1.807, 2.05) is 6.92 Å². The fourth-order valence-electron chi connectivity index (χ4n) is 7.12. The number of carbonyl (C=O) groups excluding carboxylic acids is 2. The number of imidazole rings is 1. The quantitative estimate of drug-likeness (QED) is 0.332. The largest absolute Gasteiger partial charge is 0.393 e. The number of piperidine rings is 1. The van der Waals surface area contributed by atoms with Gasteiger partial charge in [0, 0.05) is 57.0 Å². The summed E-state index contributed by atoms with van der Waals surface area (Å²) < 4.78 is 78.7. The summed E-state index contributed by atoms with van der Waals surface area (Å²) in [5.41, 5.74) is 2.25. The molecule has 6 rings (SSSR count). The molecule has 15 heteroatoms. The van der Waals surface area contributed by atoms with E-state index in [0.717, 1.165) is 18.4 Å². The Bertz CT molecular complexity index is 1570. The molecule has 3 fully saturated rings. The Kier molecular flexibility index (Phi) is 9.05. The van der Waals surface area contributed by atoms with Gasteiger partial charge in [-0.1, -0.05) is 0 Å². The lowest BCUT2D eigenvalue weighted by Gasteiger charge is -2.34. The van der Waals surface area contributed by atoms with Crippen molar-refractivity contribution in [3.05, 3.63) is 47.2 Å². The highest BCUT2D eigenvalue weighted by atomic mass is 19.4. The van der Waals surface area contributed by atoms with Crippen molar-refractivity contribution in [2.24, 2.45) is 17.8 Å². The highest BCUT2D eigenvalue weighted by Gasteiger charge is 2.45. The van der Waals surface area contributed by atoms with Crippen LogP contribution in [0.3, 0.4) is 0 Å². The summed E-state index contributed by atoms with van der Waals surface area (Å²) in [5.74, 6) is -7.10. The van der Waals surface area contributed by atoms with Crippen LogP contribution in [0.4, 0.5) is 22.0 Å². The van der Waals surface area contributed by atoms with Gasteiger partial charge in [-0.05, 0) is 62.6 Å². The molecule has 5 heterocycles. The number of halogens is 5. The average molecular weight is 652 g/mol. The molecule has 1 aliphatic carbocycles. The fourth-order valence-corrected chi connectivity index (χ4v) is 7.12. The lowest BCUT2D eigenvalue weighted by atomic mass is 9.80. The Morgan fingerprint density at radius 2 is 2.09 bits per heavy atom. The summed E-state index contributed by atoms with van der Waals surface area (Å²) in [7, 11) is 0. The van der Waals surface area contributed by atoms with Gasteiger partial charge in [0.1, 0.15) is 5.69 Å². The molecule has 3 aliphatic rings. The molecule has 10 nitrogen and oxygen atoms in total. The first-order chi connectivity index (χ1) is 21.9. The van der Waals surface area contributed by atoms with Crippen LogP contribution in [0.2, 0.25) is 0 Å². The number of rotatable bonds is 8. The van der Waals surface area contributed by atoms with Gasteiger partial charge in [-0.25, -0.2) is 18.3 Å². The number of ether oxygens (including phenoxy) is 1. The third-order valence-electron chi connectivity index (χ3n) is 9.55. The first-order valence-corrected chi connectivity index (χ1v) is 15.9. The van der Waals surface area contributed by atoms with Crippen LogP contribution in [0.25, 0.3) is 5.65 Å². The number of amides is 2. The van der Waals surface area contributed by atoms with E-state index in [1.165, 1.54) is 15.4 Å². The number of aryl methyl sites for hydroxylation is 1. The molecular weight excluding hydrogens is 613 g/mol. The van der Waals surface area contributed by atoms with Gasteiger partial charge in [-0.3, -0.25) is 14.3 Å². The molecule has 2 saturated heterocycles. The van der Waals surface area contributed by atoms with Crippen molar-refractivity contribution in [2.45, 2.75) is 88.9 Å². The van der Waals surface area contributed by atoms with Gasteiger partial charge in [0.05, 0.1) is 36.2 Å². The highest BCUT2D eigenvalue weighted by molar-refractivity contribution is 5.92. The maximum Gasteiger partial charge on any atom is 0.393 e. The molecule has 1 saturated carbocycles. The van der Waals surface area contributed by atoms with Crippen molar-refractivity contribution in [1.29, 1.82) is 0 Å². The van der Waals surface area contributed by atoms with E-state index in [0.29, 0.717) is 55.3 Å². The zero-order chi connectivity index (χ0) is 32.6. The van der Waals surface area contributed by atoms with Crippen molar-refractivity contribution in [2.75, 3.05) is 19.8 Å². The maximum atomic E-state index is 14.7. The van der Waals surface area contributed by atoms with Crippen LogP contribution in [0.5, 0.6) is 0 Å². The van der Waals surface area contributed by atoms with Crippen molar-refractivity contribution in [3.63, 3.8) is 0 Å². The molecule has 2 N–H and O–H groups in total. The second-order valence-electron chi connectivity index (χ2n) is 12.7. The minimum atomic E-state index is -4.44. The highest BCUT2D eigenvalue weighted by Crippen LogP contribution is 2.42. The lowest BCUT2D eigenvalue weighted by Crippen LogP contribution is -2.47. The van der Waals surface area contributed by atoms with Crippen molar-refractivity contribution >= 4 is 17.5 Å². The second-order valence-corrected chi connectivity index (χ2v) is 12.7. The monoisotopic (exact) mass is 651 g/mol. The van der Waals surface area contributed by atoms with Crippen LogP contribution in [-0.4, -0.2) is 68.1 Å². The molecule has 3 aromatic rings. The van der Waals surface area contributed by atoms with Crippen LogP contribution in [0.15, 0.2) is 24.5 Å². The van der Waals surface area contributed by atoms with Gasteiger partial charge >= 0.3 is 6.18 Å². The van der Waals surface area contributed by atoms with Gasteiger partial charge in [0.15, 0.2) is 5.65 Å². The van der Waals surface area contributed by atoms with Crippen molar-refractivity contribution < 1.29 is 36.3 Å². The predicted molar refractivity (Wildman–Crippen MR) is 155 cm³/mol. The van der Waals surface area contributed by atoms with E-state index < -0.39 is 60.7 Å². The van der Waals surface area contributed by atoms with Crippen molar-refractivity contribution in [3.8, 4) is 0 Å². The Hall–Kier alpha value is -3.62. The minimum Gasteiger partial charge on any atom is -0.381 e. The zero-order valence-corrected chi connectivity index (χ0v) is 25.5. The van der Waals surface area contributed by atoms with Gasteiger partial charge in [-0.2, -0.15) is 23.4 Å². The number of carbonyl (C=O) groups is 2. The number of fused-ring (bicyclic) bond motifs is 1. The predicted octanol–water partition coefficient (Wildman–Crippen LogP) is 4.99. The SMILES string of the molecule is CCn1nccc1C(=O)NC(c1cn2nc(CC3CC(C(F)(F)F)CNC3=O)c(C3CCCOC3)cc2n1)C1CCCC(F)(F)C1. The van der Waals surface area contributed by atoms with Gasteiger partial charge in [0.2, 0.25) is 11.8 Å². The summed E-state index contributed by atoms with van der Waals surface area (Å²) >= 11 is 0. The molecule has 0 radical (unpaired) electrons. The van der Waals surface area contributed by atoms with Gasteiger partial charge in [-0.15, -0.1) is 0 Å².